The topological polar surface area (TPSA) is 70.4 Å². The highest BCUT2D eigenvalue weighted by Gasteiger charge is 2.21. The first-order valence-corrected chi connectivity index (χ1v) is 8.01. The minimum absolute atomic E-state index is 0.115. The fraction of sp³-hybridized carbons (Fsp3) is 0.250. The van der Waals surface area contributed by atoms with Crippen molar-refractivity contribution in [3.8, 4) is 6.07 Å². The first-order chi connectivity index (χ1) is 12.0. The number of hydrogen-bond acceptors (Lipinski definition) is 4. The Kier molecular flexibility index (Phi) is 5.91. The second kappa shape index (κ2) is 8.11. The minimum atomic E-state index is -0.433. The van der Waals surface area contributed by atoms with Crippen LogP contribution in [0.4, 0.5) is 0 Å². The van der Waals surface area contributed by atoms with Crippen LogP contribution in [0.15, 0.2) is 48.5 Å². The number of nitriles is 1. The van der Waals surface area contributed by atoms with Gasteiger partial charge in [0.1, 0.15) is 0 Å². The van der Waals surface area contributed by atoms with Gasteiger partial charge in [-0.3, -0.25) is 4.79 Å². The zero-order chi connectivity index (χ0) is 18.4. The zero-order valence-corrected chi connectivity index (χ0v) is 14.5. The van der Waals surface area contributed by atoms with E-state index < -0.39 is 5.97 Å². The Bertz CT molecular complexity index is 789. The van der Waals surface area contributed by atoms with Crippen LogP contribution in [0.25, 0.3) is 0 Å². The molecule has 2 rings (SSSR count). The third kappa shape index (κ3) is 4.04. The molecule has 1 atom stereocenters. The summed E-state index contributed by atoms with van der Waals surface area (Å²) in [6.07, 6.45) is 0. The number of carbonyl (C=O) groups is 2. The van der Waals surface area contributed by atoms with Crippen molar-refractivity contribution in [2.24, 2.45) is 0 Å². The number of benzene rings is 2. The number of carbonyl (C=O) groups excluding carboxylic acids is 2. The third-order valence-electron chi connectivity index (χ3n) is 4.14. The van der Waals surface area contributed by atoms with Gasteiger partial charge in [0, 0.05) is 12.1 Å². The lowest BCUT2D eigenvalue weighted by Gasteiger charge is -2.28. The number of rotatable bonds is 5. The van der Waals surface area contributed by atoms with Gasteiger partial charge in [-0.05, 0) is 55.8 Å². The number of hydrogen-bond donors (Lipinski definition) is 0. The Balaban J connectivity index is 2.22. The van der Waals surface area contributed by atoms with Crippen LogP contribution in [0.3, 0.4) is 0 Å². The molecule has 2 aromatic carbocycles. The molecule has 25 heavy (non-hydrogen) atoms. The van der Waals surface area contributed by atoms with Crippen molar-refractivity contribution in [2.45, 2.75) is 19.9 Å². The molecule has 1 unspecified atom stereocenters. The molecule has 0 aliphatic rings. The highest BCUT2D eigenvalue weighted by Crippen LogP contribution is 2.23. The molecule has 5 nitrogen and oxygen atoms in total. The summed E-state index contributed by atoms with van der Waals surface area (Å²) in [6.45, 7) is 4.41. The predicted molar refractivity (Wildman–Crippen MR) is 94.1 cm³/mol. The molecule has 1 amide bonds. The Morgan fingerprint density at radius 3 is 2.12 bits per heavy atom. The summed E-state index contributed by atoms with van der Waals surface area (Å²) in [5, 5.41) is 8.89. The molecule has 2 aromatic rings. The van der Waals surface area contributed by atoms with Gasteiger partial charge < -0.3 is 9.64 Å². The van der Waals surface area contributed by atoms with Crippen LogP contribution in [0.5, 0.6) is 0 Å². The lowest BCUT2D eigenvalue weighted by Crippen LogP contribution is -2.33. The van der Waals surface area contributed by atoms with Gasteiger partial charge in [0.05, 0.1) is 30.3 Å². The van der Waals surface area contributed by atoms with Gasteiger partial charge in [-0.15, -0.1) is 0 Å². The normalized spacial score (nSPS) is 11.3. The van der Waals surface area contributed by atoms with Crippen LogP contribution >= 0.6 is 0 Å². The molecule has 0 aromatic heterocycles. The molecule has 0 saturated carbocycles. The smallest absolute Gasteiger partial charge is 0.337 e. The highest BCUT2D eigenvalue weighted by molar-refractivity contribution is 5.96. The van der Waals surface area contributed by atoms with E-state index in [1.165, 1.54) is 7.11 Å². The lowest BCUT2D eigenvalue weighted by molar-refractivity contribution is 0.0599. The second-order valence-electron chi connectivity index (χ2n) is 5.57. The molecule has 128 valence electrons. The van der Waals surface area contributed by atoms with Crippen LogP contribution in [0, 0.1) is 11.3 Å². The quantitative estimate of drug-likeness (QED) is 0.783. The van der Waals surface area contributed by atoms with Gasteiger partial charge in [0.2, 0.25) is 0 Å². The summed E-state index contributed by atoms with van der Waals surface area (Å²) in [6, 6.07) is 15.6. The molecule has 0 aliphatic heterocycles. The van der Waals surface area contributed by atoms with Gasteiger partial charge in [-0.2, -0.15) is 5.26 Å². The average Bonchev–Trinajstić information content (AvgIpc) is 2.67. The van der Waals surface area contributed by atoms with E-state index in [1.54, 1.807) is 41.3 Å². The van der Waals surface area contributed by atoms with Crippen molar-refractivity contribution in [3.63, 3.8) is 0 Å². The Labute approximate surface area is 147 Å². The first-order valence-electron chi connectivity index (χ1n) is 8.01. The van der Waals surface area contributed by atoms with Gasteiger partial charge >= 0.3 is 5.97 Å². The van der Waals surface area contributed by atoms with E-state index in [0.29, 0.717) is 23.2 Å². The third-order valence-corrected chi connectivity index (χ3v) is 4.14. The molecular weight excluding hydrogens is 316 g/mol. The number of methoxy groups -OCH3 is 1. The van der Waals surface area contributed by atoms with Gasteiger partial charge in [-0.25, -0.2) is 4.79 Å². The van der Waals surface area contributed by atoms with E-state index in [1.807, 2.05) is 26.0 Å². The maximum Gasteiger partial charge on any atom is 0.337 e. The van der Waals surface area contributed by atoms with Crippen molar-refractivity contribution in [3.05, 3.63) is 70.8 Å². The zero-order valence-electron chi connectivity index (χ0n) is 14.5. The van der Waals surface area contributed by atoms with E-state index >= 15 is 0 Å². The van der Waals surface area contributed by atoms with Crippen molar-refractivity contribution in [2.75, 3.05) is 13.7 Å². The molecule has 0 N–H and O–H groups in total. The van der Waals surface area contributed by atoms with Gasteiger partial charge in [0.15, 0.2) is 0 Å². The number of ether oxygens (including phenoxy) is 1. The lowest BCUT2D eigenvalue weighted by atomic mass is 10.0. The first kappa shape index (κ1) is 18.2. The number of esters is 1. The molecule has 0 spiro atoms. The van der Waals surface area contributed by atoms with Crippen LogP contribution in [-0.4, -0.2) is 30.4 Å². The summed E-state index contributed by atoms with van der Waals surface area (Å²) in [5.41, 5.74) is 2.46. The number of nitrogens with zero attached hydrogens (tertiary/aromatic N) is 2. The Hall–Kier alpha value is -3.13. The molecule has 0 radical (unpaired) electrons. The van der Waals surface area contributed by atoms with E-state index in [4.69, 9.17) is 5.26 Å². The van der Waals surface area contributed by atoms with Crippen LogP contribution in [0.1, 0.15) is 51.7 Å². The van der Waals surface area contributed by atoms with E-state index in [-0.39, 0.29) is 11.9 Å². The standard InChI is InChI=1S/C20H20N2O3/c1-4-22(14(2)16-7-5-15(13-21)6-8-16)19(23)17-9-11-18(12-10-17)20(24)25-3/h5-12,14H,4H2,1-3H3. The highest BCUT2D eigenvalue weighted by atomic mass is 16.5. The maximum absolute atomic E-state index is 12.8. The largest absolute Gasteiger partial charge is 0.465 e. The van der Waals surface area contributed by atoms with Crippen LogP contribution in [-0.2, 0) is 4.74 Å². The molecule has 0 fully saturated rings. The average molecular weight is 336 g/mol. The predicted octanol–water partition coefficient (Wildman–Crippen LogP) is 3.57. The number of amides is 1. The van der Waals surface area contributed by atoms with E-state index in [9.17, 15) is 9.59 Å². The molecule has 0 aliphatic carbocycles. The summed E-state index contributed by atoms with van der Waals surface area (Å²) in [7, 11) is 1.32. The summed E-state index contributed by atoms with van der Waals surface area (Å²) < 4.78 is 4.66. The van der Waals surface area contributed by atoms with E-state index in [0.717, 1.165) is 5.56 Å². The molecule has 5 heteroatoms. The Morgan fingerprint density at radius 2 is 1.64 bits per heavy atom. The maximum atomic E-state index is 12.8. The summed E-state index contributed by atoms with van der Waals surface area (Å²) in [4.78, 5) is 26.1. The minimum Gasteiger partial charge on any atom is -0.465 e. The molecule has 0 heterocycles. The van der Waals surface area contributed by atoms with Gasteiger partial charge in [-0.1, -0.05) is 12.1 Å². The second-order valence-corrected chi connectivity index (χ2v) is 5.57. The summed E-state index contributed by atoms with van der Waals surface area (Å²) >= 11 is 0. The fourth-order valence-electron chi connectivity index (χ4n) is 2.64. The van der Waals surface area contributed by atoms with Crippen LogP contribution in [0.2, 0.25) is 0 Å². The van der Waals surface area contributed by atoms with Crippen molar-refractivity contribution < 1.29 is 14.3 Å². The van der Waals surface area contributed by atoms with Gasteiger partial charge in [0.25, 0.3) is 5.91 Å². The van der Waals surface area contributed by atoms with Crippen LogP contribution < -0.4 is 0 Å². The van der Waals surface area contributed by atoms with Crippen molar-refractivity contribution in [1.82, 2.24) is 4.90 Å². The SMILES string of the molecule is CCN(C(=O)c1ccc(C(=O)OC)cc1)C(C)c1ccc(C#N)cc1. The van der Waals surface area contributed by atoms with E-state index in [2.05, 4.69) is 10.8 Å². The summed E-state index contributed by atoms with van der Waals surface area (Å²) in [5.74, 6) is -0.548. The molecule has 0 bridgehead atoms. The van der Waals surface area contributed by atoms with Crippen molar-refractivity contribution >= 4 is 11.9 Å². The molecule has 0 saturated heterocycles. The molecular formula is C20H20N2O3. The van der Waals surface area contributed by atoms with Crippen molar-refractivity contribution in [1.29, 1.82) is 5.26 Å². The fourth-order valence-corrected chi connectivity index (χ4v) is 2.64. The monoisotopic (exact) mass is 336 g/mol. The Morgan fingerprint density at radius 1 is 1.08 bits per heavy atom.